The van der Waals surface area contributed by atoms with Gasteiger partial charge in [0.1, 0.15) is 5.69 Å². The maximum Gasteiger partial charge on any atom is 0.272 e. The molecule has 1 N–H and O–H groups in total. The zero-order valence-corrected chi connectivity index (χ0v) is 17.5. The molecule has 156 valence electrons. The highest BCUT2D eigenvalue weighted by molar-refractivity contribution is 5.98. The van der Waals surface area contributed by atoms with E-state index < -0.39 is 0 Å². The van der Waals surface area contributed by atoms with Crippen molar-refractivity contribution in [2.75, 3.05) is 34.4 Å². The fraction of sp³-hybridized carbons (Fsp3) is 0.409. The van der Waals surface area contributed by atoms with E-state index in [4.69, 9.17) is 9.47 Å². The molecule has 0 unspecified atom stereocenters. The lowest BCUT2D eigenvalue weighted by Crippen LogP contribution is -2.29. The summed E-state index contributed by atoms with van der Waals surface area (Å²) < 4.78 is 10.5. The number of amides is 2. The lowest BCUT2D eigenvalue weighted by molar-refractivity contribution is 0.0787. The van der Waals surface area contributed by atoms with Crippen LogP contribution in [0.3, 0.4) is 0 Å². The Morgan fingerprint density at radius 2 is 1.86 bits per heavy atom. The highest BCUT2D eigenvalue weighted by Gasteiger charge is 2.15. The smallest absolute Gasteiger partial charge is 0.272 e. The second-order valence-electron chi connectivity index (χ2n) is 6.71. The highest BCUT2D eigenvalue weighted by Crippen LogP contribution is 2.27. The molecule has 0 bridgehead atoms. The summed E-state index contributed by atoms with van der Waals surface area (Å²) in [7, 11) is 4.92. The van der Waals surface area contributed by atoms with Crippen LogP contribution in [0.5, 0.6) is 11.5 Å². The van der Waals surface area contributed by atoms with Crippen molar-refractivity contribution >= 4 is 11.8 Å². The monoisotopic (exact) mass is 399 g/mol. The molecule has 0 aliphatic heterocycles. The molecule has 0 aliphatic rings. The number of rotatable bonds is 10. The molecule has 0 atom stereocenters. The number of hydrogen-bond acceptors (Lipinski definition) is 5. The van der Waals surface area contributed by atoms with Gasteiger partial charge in [-0.15, -0.1) is 0 Å². The van der Waals surface area contributed by atoms with Gasteiger partial charge in [-0.05, 0) is 42.7 Å². The minimum atomic E-state index is -0.238. The molecule has 1 heterocycles. The predicted octanol–water partition coefficient (Wildman–Crippen LogP) is 2.94. The molecule has 29 heavy (non-hydrogen) atoms. The van der Waals surface area contributed by atoms with Gasteiger partial charge in [0, 0.05) is 31.9 Å². The summed E-state index contributed by atoms with van der Waals surface area (Å²) >= 11 is 0. The molecule has 0 saturated carbocycles. The summed E-state index contributed by atoms with van der Waals surface area (Å²) in [6.45, 7) is 3.19. The molecular weight excluding hydrogens is 370 g/mol. The van der Waals surface area contributed by atoms with Crippen molar-refractivity contribution < 1.29 is 19.1 Å². The summed E-state index contributed by atoms with van der Waals surface area (Å²) in [5.41, 5.74) is 1.71. The molecule has 0 fully saturated rings. The van der Waals surface area contributed by atoms with Crippen molar-refractivity contribution in [2.24, 2.45) is 0 Å². The predicted molar refractivity (Wildman–Crippen MR) is 112 cm³/mol. The van der Waals surface area contributed by atoms with E-state index in [-0.39, 0.29) is 17.5 Å². The van der Waals surface area contributed by atoms with Crippen molar-refractivity contribution in [1.29, 1.82) is 0 Å². The number of nitrogens with one attached hydrogen (secondary N) is 1. The van der Waals surface area contributed by atoms with Crippen LogP contribution in [0.25, 0.3) is 0 Å². The second kappa shape index (κ2) is 11.0. The fourth-order valence-corrected chi connectivity index (χ4v) is 2.84. The summed E-state index contributed by atoms with van der Waals surface area (Å²) in [4.78, 5) is 30.7. The SMILES string of the molecule is CCCCN(C)C(=O)c1cc(C(=O)NCCc2ccc(OC)c(OC)c2)ccn1. The van der Waals surface area contributed by atoms with Crippen molar-refractivity contribution in [2.45, 2.75) is 26.2 Å². The van der Waals surface area contributed by atoms with E-state index in [1.807, 2.05) is 18.2 Å². The van der Waals surface area contributed by atoms with Crippen LogP contribution < -0.4 is 14.8 Å². The Morgan fingerprint density at radius 3 is 2.55 bits per heavy atom. The van der Waals surface area contributed by atoms with E-state index in [9.17, 15) is 9.59 Å². The Kier molecular flexibility index (Phi) is 8.45. The van der Waals surface area contributed by atoms with Crippen molar-refractivity contribution in [1.82, 2.24) is 15.2 Å². The molecular formula is C22H29N3O4. The number of benzene rings is 1. The number of pyridine rings is 1. The van der Waals surface area contributed by atoms with Crippen LogP contribution in [0, 0.1) is 0 Å². The van der Waals surface area contributed by atoms with E-state index in [0.717, 1.165) is 18.4 Å². The third-order valence-electron chi connectivity index (χ3n) is 4.58. The third-order valence-corrected chi connectivity index (χ3v) is 4.58. The van der Waals surface area contributed by atoms with Crippen molar-refractivity contribution in [3.05, 3.63) is 53.3 Å². The number of ether oxygens (including phenoxy) is 2. The van der Waals surface area contributed by atoms with Crippen LogP contribution in [0.1, 0.15) is 46.2 Å². The number of nitrogens with zero attached hydrogens (tertiary/aromatic N) is 2. The van der Waals surface area contributed by atoms with Gasteiger partial charge in [0.2, 0.25) is 0 Å². The molecule has 2 rings (SSSR count). The van der Waals surface area contributed by atoms with Crippen LogP contribution in [-0.4, -0.2) is 56.1 Å². The van der Waals surface area contributed by atoms with Gasteiger partial charge in [0.05, 0.1) is 14.2 Å². The lowest BCUT2D eigenvalue weighted by atomic mass is 10.1. The molecule has 2 amide bonds. The van der Waals surface area contributed by atoms with E-state index >= 15 is 0 Å². The van der Waals surface area contributed by atoms with Crippen LogP contribution >= 0.6 is 0 Å². The first kappa shape index (κ1) is 22.2. The molecule has 7 nitrogen and oxygen atoms in total. The van der Waals surface area contributed by atoms with E-state index in [1.54, 1.807) is 32.2 Å². The Bertz CT molecular complexity index is 839. The molecule has 0 aliphatic carbocycles. The molecule has 1 aromatic carbocycles. The number of hydrogen-bond donors (Lipinski definition) is 1. The van der Waals surface area contributed by atoms with Crippen LogP contribution in [0.2, 0.25) is 0 Å². The number of methoxy groups -OCH3 is 2. The Morgan fingerprint density at radius 1 is 1.10 bits per heavy atom. The maximum atomic E-state index is 12.5. The summed E-state index contributed by atoms with van der Waals surface area (Å²) in [6, 6.07) is 8.81. The molecule has 2 aromatic rings. The Balaban J connectivity index is 1.95. The largest absolute Gasteiger partial charge is 0.493 e. The highest BCUT2D eigenvalue weighted by atomic mass is 16.5. The second-order valence-corrected chi connectivity index (χ2v) is 6.71. The van der Waals surface area contributed by atoms with Gasteiger partial charge in [-0.3, -0.25) is 14.6 Å². The zero-order valence-electron chi connectivity index (χ0n) is 17.5. The fourth-order valence-electron chi connectivity index (χ4n) is 2.84. The van der Waals surface area contributed by atoms with Gasteiger partial charge >= 0.3 is 0 Å². The van der Waals surface area contributed by atoms with Crippen LogP contribution in [0.4, 0.5) is 0 Å². The maximum absolute atomic E-state index is 12.5. The number of unbranched alkanes of at least 4 members (excludes halogenated alkanes) is 1. The molecule has 0 saturated heterocycles. The van der Waals surface area contributed by atoms with Gasteiger partial charge in [-0.1, -0.05) is 19.4 Å². The van der Waals surface area contributed by atoms with Gasteiger partial charge in [0.25, 0.3) is 11.8 Å². The van der Waals surface area contributed by atoms with E-state index in [0.29, 0.717) is 36.6 Å². The van der Waals surface area contributed by atoms with E-state index in [2.05, 4.69) is 17.2 Å². The normalized spacial score (nSPS) is 10.3. The first-order valence-electron chi connectivity index (χ1n) is 9.70. The minimum Gasteiger partial charge on any atom is -0.493 e. The van der Waals surface area contributed by atoms with Crippen LogP contribution in [0.15, 0.2) is 36.5 Å². The molecule has 0 radical (unpaired) electrons. The van der Waals surface area contributed by atoms with Crippen molar-refractivity contribution in [3.63, 3.8) is 0 Å². The quantitative estimate of drug-likeness (QED) is 0.664. The summed E-state index contributed by atoms with van der Waals surface area (Å²) in [6.07, 6.45) is 4.07. The number of aromatic nitrogens is 1. The summed E-state index contributed by atoms with van der Waals surface area (Å²) in [5.74, 6) is 0.899. The minimum absolute atomic E-state index is 0.182. The van der Waals surface area contributed by atoms with Gasteiger partial charge < -0.3 is 19.7 Å². The first-order valence-corrected chi connectivity index (χ1v) is 9.70. The van der Waals surface area contributed by atoms with E-state index in [1.165, 1.54) is 12.3 Å². The average molecular weight is 399 g/mol. The topological polar surface area (TPSA) is 80.8 Å². The Labute approximate surface area is 172 Å². The molecule has 7 heteroatoms. The summed E-state index contributed by atoms with van der Waals surface area (Å²) in [5, 5.41) is 2.88. The van der Waals surface area contributed by atoms with Gasteiger partial charge in [0.15, 0.2) is 11.5 Å². The standard InChI is InChI=1S/C22H29N3O4/c1-5-6-13-25(2)22(27)18-15-17(10-12-23-18)21(26)24-11-9-16-7-8-19(28-3)20(14-16)29-4/h7-8,10,12,14-15H,5-6,9,11,13H2,1-4H3,(H,24,26). The third kappa shape index (κ3) is 6.20. The molecule has 0 spiro atoms. The first-order chi connectivity index (χ1) is 14.0. The zero-order chi connectivity index (χ0) is 21.2. The average Bonchev–Trinajstić information content (AvgIpc) is 2.76. The number of carbonyl (C=O) groups is 2. The number of carbonyl (C=O) groups excluding carboxylic acids is 2. The van der Waals surface area contributed by atoms with Gasteiger partial charge in [-0.2, -0.15) is 0 Å². The lowest BCUT2D eigenvalue weighted by Gasteiger charge is -2.16. The van der Waals surface area contributed by atoms with Gasteiger partial charge in [-0.25, -0.2) is 0 Å². The Hall–Kier alpha value is -3.09. The molecule has 1 aromatic heterocycles. The van der Waals surface area contributed by atoms with Crippen LogP contribution in [-0.2, 0) is 6.42 Å². The van der Waals surface area contributed by atoms with Crippen molar-refractivity contribution in [3.8, 4) is 11.5 Å².